The number of halogens is 1. The van der Waals surface area contributed by atoms with Gasteiger partial charge in [0.2, 0.25) is 0 Å². The molecule has 0 aliphatic rings. The summed E-state index contributed by atoms with van der Waals surface area (Å²) in [6.07, 6.45) is 4.49. The van der Waals surface area contributed by atoms with Crippen molar-refractivity contribution in [1.29, 1.82) is 0 Å². The highest BCUT2D eigenvalue weighted by Gasteiger charge is 2.21. The fourth-order valence-corrected chi connectivity index (χ4v) is 2.25. The molecule has 2 aromatic heterocycles. The largest absolute Gasteiger partial charge is 0.453 e. The van der Waals surface area contributed by atoms with Gasteiger partial charge in [-0.1, -0.05) is 6.92 Å². The smallest absolute Gasteiger partial charge is 0.198 e. The van der Waals surface area contributed by atoms with Crippen molar-refractivity contribution < 1.29 is 4.42 Å². The van der Waals surface area contributed by atoms with Gasteiger partial charge in [0.05, 0.1) is 18.0 Å². The molecule has 18 heavy (non-hydrogen) atoms. The lowest BCUT2D eigenvalue weighted by molar-refractivity contribution is 0.518. The first-order valence-corrected chi connectivity index (χ1v) is 6.63. The summed E-state index contributed by atoms with van der Waals surface area (Å²) in [6.45, 7) is 5.96. The summed E-state index contributed by atoms with van der Waals surface area (Å²) in [5.41, 5.74) is 2.06. The molecule has 0 aliphatic carbocycles. The minimum absolute atomic E-state index is 0.0265. The van der Waals surface area contributed by atoms with Gasteiger partial charge in [0.25, 0.3) is 0 Å². The Balaban J connectivity index is 2.34. The molecule has 0 amide bonds. The Kier molecular flexibility index (Phi) is 4.44. The maximum absolute atomic E-state index is 6.09. The molecule has 0 fully saturated rings. The minimum atomic E-state index is 0.0265. The highest BCUT2D eigenvalue weighted by Crippen LogP contribution is 2.29. The van der Waals surface area contributed by atoms with Crippen LogP contribution in [0.15, 0.2) is 29.0 Å². The molecule has 1 atom stereocenters. The third-order valence-corrected chi connectivity index (χ3v) is 3.21. The van der Waals surface area contributed by atoms with E-state index in [-0.39, 0.29) is 6.04 Å². The third-order valence-electron chi connectivity index (χ3n) is 2.90. The van der Waals surface area contributed by atoms with Gasteiger partial charge in [-0.25, -0.2) is 0 Å². The van der Waals surface area contributed by atoms with Crippen LogP contribution in [0.3, 0.4) is 0 Å². The number of rotatable bonds is 6. The van der Waals surface area contributed by atoms with Crippen LogP contribution in [0, 0.1) is 0 Å². The molecular formula is C13H18ClN3O. The molecule has 0 saturated heterocycles. The average molecular weight is 268 g/mol. The van der Waals surface area contributed by atoms with Crippen LogP contribution in [-0.2, 0) is 6.54 Å². The van der Waals surface area contributed by atoms with Gasteiger partial charge in [0.15, 0.2) is 5.22 Å². The SMILES string of the molecule is CCCNC(c1ccoc1Cl)c1ccnn1CC. The molecule has 5 heteroatoms. The number of aromatic nitrogens is 2. The number of furan rings is 1. The molecule has 98 valence electrons. The van der Waals surface area contributed by atoms with Crippen LogP contribution in [0.2, 0.25) is 5.22 Å². The van der Waals surface area contributed by atoms with Crippen molar-refractivity contribution in [3.63, 3.8) is 0 Å². The first-order valence-electron chi connectivity index (χ1n) is 6.25. The minimum Gasteiger partial charge on any atom is -0.453 e. The monoisotopic (exact) mass is 267 g/mol. The highest BCUT2D eigenvalue weighted by molar-refractivity contribution is 6.29. The fourth-order valence-electron chi connectivity index (χ4n) is 2.03. The van der Waals surface area contributed by atoms with Crippen molar-refractivity contribution >= 4 is 11.6 Å². The van der Waals surface area contributed by atoms with Gasteiger partial charge in [-0.2, -0.15) is 5.10 Å². The van der Waals surface area contributed by atoms with E-state index >= 15 is 0 Å². The van der Waals surface area contributed by atoms with Crippen LogP contribution >= 0.6 is 11.6 Å². The average Bonchev–Trinajstić information content (AvgIpc) is 2.99. The van der Waals surface area contributed by atoms with E-state index in [2.05, 4.69) is 24.3 Å². The molecule has 0 aromatic carbocycles. The Bertz CT molecular complexity index is 492. The Labute approximate surface area is 112 Å². The number of nitrogens with one attached hydrogen (secondary N) is 1. The van der Waals surface area contributed by atoms with Crippen LogP contribution in [0.1, 0.15) is 37.6 Å². The quantitative estimate of drug-likeness (QED) is 0.874. The second-order valence-corrected chi connectivity index (χ2v) is 4.45. The molecule has 1 N–H and O–H groups in total. The first kappa shape index (κ1) is 13.2. The van der Waals surface area contributed by atoms with E-state index in [1.165, 1.54) is 0 Å². The lowest BCUT2D eigenvalue weighted by Gasteiger charge is -2.18. The molecule has 0 saturated carbocycles. The number of hydrogen-bond acceptors (Lipinski definition) is 3. The van der Waals surface area contributed by atoms with E-state index in [1.54, 1.807) is 6.26 Å². The molecule has 2 aromatic rings. The second kappa shape index (κ2) is 6.07. The molecule has 1 unspecified atom stereocenters. The van der Waals surface area contributed by atoms with E-state index in [0.29, 0.717) is 5.22 Å². The fraction of sp³-hybridized carbons (Fsp3) is 0.462. The molecule has 0 aliphatic heterocycles. The van der Waals surface area contributed by atoms with Crippen LogP contribution in [0.25, 0.3) is 0 Å². The van der Waals surface area contributed by atoms with Crippen LogP contribution in [0.4, 0.5) is 0 Å². The summed E-state index contributed by atoms with van der Waals surface area (Å²) in [5, 5.41) is 8.23. The van der Waals surface area contributed by atoms with Crippen molar-refractivity contribution in [3.05, 3.63) is 41.1 Å². The number of nitrogens with zero attached hydrogens (tertiary/aromatic N) is 2. The zero-order valence-electron chi connectivity index (χ0n) is 10.7. The second-order valence-electron chi connectivity index (χ2n) is 4.11. The van der Waals surface area contributed by atoms with E-state index in [4.69, 9.17) is 16.0 Å². The van der Waals surface area contributed by atoms with Gasteiger partial charge in [0.1, 0.15) is 0 Å². The van der Waals surface area contributed by atoms with Gasteiger partial charge in [-0.15, -0.1) is 0 Å². The third kappa shape index (κ3) is 2.60. The van der Waals surface area contributed by atoms with Crippen LogP contribution < -0.4 is 5.32 Å². The predicted molar refractivity (Wildman–Crippen MR) is 71.8 cm³/mol. The molecule has 0 spiro atoms. The molecule has 2 rings (SSSR count). The van der Waals surface area contributed by atoms with Crippen LogP contribution in [0.5, 0.6) is 0 Å². The Hall–Kier alpha value is -1.26. The normalized spacial score (nSPS) is 12.8. The van der Waals surface area contributed by atoms with Crippen molar-refractivity contribution in [2.75, 3.05) is 6.54 Å². The Morgan fingerprint density at radius 2 is 2.28 bits per heavy atom. The van der Waals surface area contributed by atoms with E-state index in [9.17, 15) is 0 Å². The molecule has 0 bridgehead atoms. The zero-order valence-corrected chi connectivity index (χ0v) is 11.4. The van der Waals surface area contributed by atoms with Crippen molar-refractivity contribution in [2.45, 2.75) is 32.9 Å². The Morgan fingerprint density at radius 3 is 2.89 bits per heavy atom. The van der Waals surface area contributed by atoms with Crippen LogP contribution in [-0.4, -0.2) is 16.3 Å². The molecule has 0 radical (unpaired) electrons. The topological polar surface area (TPSA) is 43.0 Å². The summed E-state index contributed by atoms with van der Waals surface area (Å²) in [6, 6.07) is 3.95. The van der Waals surface area contributed by atoms with E-state index in [0.717, 1.165) is 30.8 Å². The van der Waals surface area contributed by atoms with E-state index < -0.39 is 0 Å². The molecule has 4 nitrogen and oxygen atoms in total. The predicted octanol–water partition coefficient (Wildman–Crippen LogP) is 3.24. The van der Waals surface area contributed by atoms with Gasteiger partial charge >= 0.3 is 0 Å². The zero-order chi connectivity index (χ0) is 13.0. The van der Waals surface area contributed by atoms with Gasteiger partial charge in [0, 0.05) is 18.3 Å². The lowest BCUT2D eigenvalue weighted by Crippen LogP contribution is -2.25. The Morgan fingerprint density at radius 1 is 1.44 bits per heavy atom. The maximum atomic E-state index is 6.09. The van der Waals surface area contributed by atoms with Crippen molar-refractivity contribution in [3.8, 4) is 0 Å². The highest BCUT2D eigenvalue weighted by atomic mass is 35.5. The van der Waals surface area contributed by atoms with Gasteiger partial charge < -0.3 is 9.73 Å². The van der Waals surface area contributed by atoms with E-state index in [1.807, 2.05) is 23.0 Å². The standard InChI is InChI=1S/C13H18ClN3O/c1-3-7-15-12(10-6-9-18-13(10)14)11-5-8-16-17(11)4-2/h5-6,8-9,12,15H,3-4,7H2,1-2H3. The summed E-state index contributed by atoms with van der Waals surface area (Å²) >= 11 is 6.09. The summed E-state index contributed by atoms with van der Waals surface area (Å²) < 4.78 is 7.16. The lowest BCUT2D eigenvalue weighted by atomic mass is 10.1. The van der Waals surface area contributed by atoms with Crippen molar-refractivity contribution in [1.82, 2.24) is 15.1 Å². The number of aryl methyl sites for hydroxylation is 1. The summed E-state index contributed by atoms with van der Waals surface area (Å²) in [7, 11) is 0. The summed E-state index contributed by atoms with van der Waals surface area (Å²) in [5.74, 6) is 0. The maximum Gasteiger partial charge on any atom is 0.198 e. The molecule has 2 heterocycles. The van der Waals surface area contributed by atoms with Crippen molar-refractivity contribution in [2.24, 2.45) is 0 Å². The summed E-state index contributed by atoms with van der Waals surface area (Å²) in [4.78, 5) is 0. The molecular weight excluding hydrogens is 250 g/mol. The number of hydrogen-bond donors (Lipinski definition) is 1. The van der Waals surface area contributed by atoms with Gasteiger partial charge in [-0.05, 0) is 43.6 Å². The first-order chi connectivity index (χ1) is 8.77. The van der Waals surface area contributed by atoms with Gasteiger partial charge in [-0.3, -0.25) is 4.68 Å².